The Hall–Kier alpha value is -1.39. The molecule has 6 nitrogen and oxygen atoms in total. The van der Waals surface area contributed by atoms with Crippen molar-refractivity contribution in [3.63, 3.8) is 0 Å². The fourth-order valence-corrected chi connectivity index (χ4v) is 3.69. The summed E-state index contributed by atoms with van der Waals surface area (Å²) in [5.41, 5.74) is -1.09. The minimum absolute atomic E-state index is 0.136. The van der Waals surface area contributed by atoms with Gasteiger partial charge in [-0.25, -0.2) is 18.1 Å². The standard InChI is InChI=1S/C14H20F3N3O3S/c1-23-10-4-7-18-24(21,22)11-5-6-12(14(15,16)17)19-13(11)20-8-2-3-9-20/h5-6,18H,2-4,7-10H2,1H3. The summed E-state index contributed by atoms with van der Waals surface area (Å²) in [4.78, 5) is 4.95. The summed E-state index contributed by atoms with van der Waals surface area (Å²) in [5, 5.41) is 0. The SMILES string of the molecule is COCCCNS(=O)(=O)c1ccc(C(F)(F)F)nc1N1CCCC1. The number of aromatic nitrogens is 1. The van der Waals surface area contributed by atoms with E-state index in [2.05, 4.69) is 9.71 Å². The van der Waals surface area contributed by atoms with Crippen molar-refractivity contribution in [1.29, 1.82) is 0 Å². The van der Waals surface area contributed by atoms with Gasteiger partial charge in [0, 0.05) is 33.4 Å². The molecule has 1 aliphatic heterocycles. The van der Waals surface area contributed by atoms with E-state index in [0.29, 0.717) is 32.2 Å². The molecular weight excluding hydrogens is 347 g/mol. The maximum Gasteiger partial charge on any atom is 0.433 e. The van der Waals surface area contributed by atoms with Gasteiger partial charge in [-0.15, -0.1) is 0 Å². The van der Waals surface area contributed by atoms with Crippen molar-refractivity contribution < 1.29 is 26.3 Å². The Bertz CT molecular complexity index is 659. The number of anilines is 1. The maximum absolute atomic E-state index is 12.9. The van der Waals surface area contributed by atoms with Crippen molar-refractivity contribution in [1.82, 2.24) is 9.71 Å². The topological polar surface area (TPSA) is 71.5 Å². The molecule has 0 spiro atoms. The van der Waals surface area contributed by atoms with Crippen LogP contribution in [-0.2, 0) is 20.9 Å². The van der Waals surface area contributed by atoms with E-state index in [4.69, 9.17) is 4.74 Å². The van der Waals surface area contributed by atoms with E-state index in [-0.39, 0.29) is 17.3 Å². The Morgan fingerprint density at radius 2 is 1.96 bits per heavy atom. The fraction of sp³-hybridized carbons (Fsp3) is 0.643. The summed E-state index contributed by atoms with van der Waals surface area (Å²) >= 11 is 0. The number of sulfonamides is 1. The number of hydrogen-bond donors (Lipinski definition) is 1. The number of nitrogens with zero attached hydrogens (tertiary/aromatic N) is 2. The van der Waals surface area contributed by atoms with Gasteiger partial charge in [-0.05, 0) is 31.4 Å². The highest BCUT2D eigenvalue weighted by atomic mass is 32.2. The summed E-state index contributed by atoms with van der Waals surface area (Å²) in [6, 6.07) is 1.67. The molecule has 1 N–H and O–H groups in total. The van der Waals surface area contributed by atoms with Crippen LogP contribution in [0.3, 0.4) is 0 Å². The molecule has 136 valence electrons. The minimum atomic E-state index is -4.62. The number of hydrogen-bond acceptors (Lipinski definition) is 5. The maximum atomic E-state index is 12.9. The smallest absolute Gasteiger partial charge is 0.385 e. The fourth-order valence-electron chi connectivity index (χ4n) is 2.46. The van der Waals surface area contributed by atoms with Crippen LogP contribution in [0.25, 0.3) is 0 Å². The third-order valence-electron chi connectivity index (χ3n) is 3.64. The van der Waals surface area contributed by atoms with E-state index >= 15 is 0 Å². The molecule has 10 heteroatoms. The molecule has 0 saturated carbocycles. The number of pyridine rings is 1. The minimum Gasteiger partial charge on any atom is -0.385 e. The molecule has 0 atom stereocenters. The van der Waals surface area contributed by atoms with Gasteiger partial charge >= 0.3 is 6.18 Å². The number of nitrogens with one attached hydrogen (secondary N) is 1. The first-order chi connectivity index (χ1) is 11.3. The summed E-state index contributed by atoms with van der Waals surface area (Å²) in [6.45, 7) is 1.49. The molecule has 0 bridgehead atoms. The molecule has 2 heterocycles. The third kappa shape index (κ3) is 4.58. The number of halogens is 3. The van der Waals surface area contributed by atoms with Crippen LogP contribution >= 0.6 is 0 Å². The quantitative estimate of drug-likeness (QED) is 0.747. The number of alkyl halides is 3. The van der Waals surface area contributed by atoms with E-state index in [1.54, 1.807) is 4.90 Å². The Morgan fingerprint density at radius 1 is 1.29 bits per heavy atom. The van der Waals surface area contributed by atoms with Crippen LogP contribution in [0, 0.1) is 0 Å². The van der Waals surface area contributed by atoms with Gasteiger partial charge in [-0.1, -0.05) is 0 Å². The van der Waals surface area contributed by atoms with E-state index in [9.17, 15) is 21.6 Å². The van der Waals surface area contributed by atoms with Gasteiger partial charge in [0.1, 0.15) is 16.4 Å². The zero-order valence-corrected chi connectivity index (χ0v) is 14.1. The molecule has 0 radical (unpaired) electrons. The van der Waals surface area contributed by atoms with Crippen LogP contribution in [0.2, 0.25) is 0 Å². The number of methoxy groups -OCH3 is 1. The van der Waals surface area contributed by atoms with Gasteiger partial charge in [-0.3, -0.25) is 0 Å². The summed E-state index contributed by atoms with van der Waals surface area (Å²) < 4.78 is 70.8. The van der Waals surface area contributed by atoms with Crippen LogP contribution in [0.15, 0.2) is 17.0 Å². The highest BCUT2D eigenvalue weighted by molar-refractivity contribution is 7.89. The lowest BCUT2D eigenvalue weighted by Crippen LogP contribution is -2.30. The largest absolute Gasteiger partial charge is 0.433 e. The Morgan fingerprint density at radius 3 is 2.54 bits per heavy atom. The van der Waals surface area contributed by atoms with Crippen molar-refractivity contribution >= 4 is 15.8 Å². The summed E-state index contributed by atoms with van der Waals surface area (Å²) in [7, 11) is -2.45. The van der Waals surface area contributed by atoms with E-state index in [1.807, 2.05) is 0 Å². The average molecular weight is 367 g/mol. The van der Waals surface area contributed by atoms with Gasteiger partial charge in [0.05, 0.1) is 0 Å². The summed E-state index contributed by atoms with van der Waals surface area (Å²) in [6.07, 6.45) is -2.58. The molecular formula is C14H20F3N3O3S. The van der Waals surface area contributed by atoms with Gasteiger partial charge in [0.2, 0.25) is 10.0 Å². The van der Waals surface area contributed by atoms with Crippen molar-refractivity contribution in [3.8, 4) is 0 Å². The van der Waals surface area contributed by atoms with Crippen LogP contribution in [0.4, 0.5) is 19.0 Å². The second-order valence-corrected chi connectivity index (χ2v) is 7.19. The first-order valence-corrected chi connectivity index (χ1v) is 9.06. The van der Waals surface area contributed by atoms with Crippen molar-refractivity contribution in [2.24, 2.45) is 0 Å². The number of rotatable bonds is 7. The van der Waals surface area contributed by atoms with Crippen LogP contribution in [-0.4, -0.2) is 46.8 Å². The molecule has 0 amide bonds. The van der Waals surface area contributed by atoms with Crippen molar-refractivity contribution in [2.45, 2.75) is 30.3 Å². The number of ether oxygens (including phenoxy) is 1. The molecule has 1 saturated heterocycles. The van der Waals surface area contributed by atoms with Gasteiger partial charge in [0.15, 0.2) is 0 Å². The first-order valence-electron chi connectivity index (χ1n) is 7.57. The predicted octanol–water partition coefficient (Wildman–Crippen LogP) is 2.02. The van der Waals surface area contributed by atoms with Crippen LogP contribution in [0.5, 0.6) is 0 Å². The molecule has 1 fully saturated rings. The Labute approximate surface area is 139 Å². The molecule has 1 aromatic heterocycles. The normalized spacial score (nSPS) is 15.9. The van der Waals surface area contributed by atoms with Crippen molar-refractivity contribution in [2.75, 3.05) is 38.3 Å². The van der Waals surface area contributed by atoms with Gasteiger partial charge in [-0.2, -0.15) is 13.2 Å². The van der Waals surface area contributed by atoms with E-state index in [1.165, 1.54) is 7.11 Å². The van der Waals surface area contributed by atoms with Crippen LogP contribution < -0.4 is 9.62 Å². The van der Waals surface area contributed by atoms with Gasteiger partial charge < -0.3 is 9.64 Å². The lowest BCUT2D eigenvalue weighted by molar-refractivity contribution is -0.141. The molecule has 1 aromatic rings. The zero-order chi connectivity index (χ0) is 17.8. The van der Waals surface area contributed by atoms with E-state index in [0.717, 1.165) is 18.9 Å². The monoisotopic (exact) mass is 367 g/mol. The lowest BCUT2D eigenvalue weighted by Gasteiger charge is -2.21. The third-order valence-corrected chi connectivity index (χ3v) is 5.12. The molecule has 24 heavy (non-hydrogen) atoms. The molecule has 0 aromatic carbocycles. The molecule has 2 rings (SSSR count). The van der Waals surface area contributed by atoms with Crippen LogP contribution in [0.1, 0.15) is 25.0 Å². The molecule has 1 aliphatic rings. The highest BCUT2D eigenvalue weighted by Crippen LogP contribution is 2.33. The summed E-state index contributed by atoms with van der Waals surface area (Å²) in [5.74, 6) is -0.137. The predicted molar refractivity (Wildman–Crippen MR) is 82.4 cm³/mol. The second kappa shape index (κ2) is 7.66. The van der Waals surface area contributed by atoms with E-state index < -0.39 is 21.9 Å². The highest BCUT2D eigenvalue weighted by Gasteiger charge is 2.35. The first kappa shape index (κ1) is 18.9. The average Bonchev–Trinajstić information content (AvgIpc) is 3.04. The Balaban J connectivity index is 2.33. The molecule has 0 unspecified atom stereocenters. The molecule has 0 aliphatic carbocycles. The van der Waals surface area contributed by atoms with Crippen molar-refractivity contribution in [3.05, 3.63) is 17.8 Å². The Kier molecular flexibility index (Phi) is 6.05. The second-order valence-electron chi connectivity index (χ2n) is 5.45. The van der Waals surface area contributed by atoms with Gasteiger partial charge in [0.25, 0.3) is 0 Å². The zero-order valence-electron chi connectivity index (χ0n) is 13.3. The lowest BCUT2D eigenvalue weighted by atomic mass is 10.3.